The maximum Gasteiger partial charge on any atom is 0.416 e. The molecule has 0 nitrogen and oxygen atoms in total. The first-order chi connectivity index (χ1) is 14.8. The summed E-state index contributed by atoms with van der Waals surface area (Å²) in [6, 6.07) is 14.0. The second-order valence-corrected chi connectivity index (χ2v) is 8.89. The third kappa shape index (κ3) is 4.94. The molecular weight excluding hydrogens is 400 g/mol. The Labute approximate surface area is 181 Å². The van der Waals surface area contributed by atoms with Crippen LogP contribution in [0.15, 0.2) is 54.6 Å². The molecule has 164 valence electrons. The predicted octanol–water partition coefficient (Wildman–Crippen LogP) is 8.81. The molecule has 0 atom stereocenters. The molecule has 0 bridgehead atoms. The van der Waals surface area contributed by atoms with E-state index in [2.05, 4.69) is 6.92 Å². The highest BCUT2D eigenvalue weighted by molar-refractivity contribution is 5.88. The van der Waals surface area contributed by atoms with Crippen LogP contribution in [0, 0.1) is 17.7 Å². The zero-order valence-corrected chi connectivity index (χ0v) is 17.8. The minimum atomic E-state index is -4.40. The first-order valence-electron chi connectivity index (χ1n) is 11.2. The standard InChI is InChI=1S/C27H28F4/c1-2-18-3-5-19(6-4-18)7-8-20-9-15-25-22(17-20)12-16-24(26(25)28)21-10-13-23(14-11-21)27(29,30)31/h9-19H,2-8H2,1H3/t18-,19-. The van der Waals surface area contributed by atoms with Gasteiger partial charge in [-0.1, -0.05) is 81.5 Å². The van der Waals surface area contributed by atoms with Crippen LogP contribution >= 0.6 is 0 Å². The van der Waals surface area contributed by atoms with Crippen molar-refractivity contribution in [2.75, 3.05) is 0 Å². The Morgan fingerprint density at radius 2 is 1.52 bits per heavy atom. The molecule has 0 saturated heterocycles. The summed E-state index contributed by atoms with van der Waals surface area (Å²) >= 11 is 0. The molecule has 1 saturated carbocycles. The van der Waals surface area contributed by atoms with Crippen molar-refractivity contribution in [3.8, 4) is 11.1 Å². The minimum absolute atomic E-state index is 0.321. The average molecular weight is 429 g/mol. The third-order valence-corrected chi connectivity index (χ3v) is 6.93. The van der Waals surface area contributed by atoms with Gasteiger partial charge in [-0.05, 0) is 53.3 Å². The molecular formula is C27H28F4. The summed E-state index contributed by atoms with van der Waals surface area (Å²) in [5.74, 6) is 1.30. The van der Waals surface area contributed by atoms with Crippen LogP contribution in [0.3, 0.4) is 0 Å². The molecule has 4 heteroatoms. The summed E-state index contributed by atoms with van der Waals surface area (Å²) in [6.45, 7) is 2.28. The molecule has 3 aromatic rings. The lowest BCUT2D eigenvalue weighted by molar-refractivity contribution is -0.137. The molecule has 0 aromatic heterocycles. The molecule has 0 amide bonds. The molecule has 31 heavy (non-hydrogen) atoms. The van der Waals surface area contributed by atoms with E-state index in [1.54, 1.807) is 6.07 Å². The maximum atomic E-state index is 15.1. The molecule has 0 aliphatic heterocycles. The van der Waals surface area contributed by atoms with E-state index in [1.807, 2.05) is 24.3 Å². The Morgan fingerprint density at radius 3 is 2.16 bits per heavy atom. The van der Waals surface area contributed by atoms with Gasteiger partial charge in [0.05, 0.1) is 5.56 Å². The molecule has 0 N–H and O–H groups in total. The van der Waals surface area contributed by atoms with Crippen LogP contribution in [0.25, 0.3) is 21.9 Å². The van der Waals surface area contributed by atoms with Crippen molar-refractivity contribution in [2.24, 2.45) is 11.8 Å². The van der Waals surface area contributed by atoms with Crippen molar-refractivity contribution in [3.05, 3.63) is 71.5 Å². The maximum absolute atomic E-state index is 15.1. The van der Waals surface area contributed by atoms with Crippen molar-refractivity contribution >= 4 is 10.8 Å². The van der Waals surface area contributed by atoms with Crippen LogP contribution in [-0.4, -0.2) is 0 Å². The number of halogens is 4. The summed E-state index contributed by atoms with van der Waals surface area (Å²) in [7, 11) is 0. The Kier molecular flexibility index (Phi) is 6.36. The van der Waals surface area contributed by atoms with Gasteiger partial charge < -0.3 is 0 Å². The first kappa shape index (κ1) is 21.9. The van der Waals surface area contributed by atoms with Gasteiger partial charge in [0.1, 0.15) is 5.82 Å². The number of fused-ring (bicyclic) bond motifs is 1. The summed E-state index contributed by atoms with van der Waals surface area (Å²) in [4.78, 5) is 0. The van der Waals surface area contributed by atoms with Gasteiger partial charge in [0.15, 0.2) is 0 Å². The monoisotopic (exact) mass is 428 g/mol. The van der Waals surface area contributed by atoms with E-state index in [0.29, 0.717) is 16.5 Å². The highest BCUT2D eigenvalue weighted by Crippen LogP contribution is 2.35. The van der Waals surface area contributed by atoms with E-state index in [0.717, 1.165) is 35.8 Å². The molecule has 1 aliphatic rings. The first-order valence-corrected chi connectivity index (χ1v) is 11.2. The van der Waals surface area contributed by atoms with E-state index in [9.17, 15) is 13.2 Å². The lowest BCUT2D eigenvalue weighted by Crippen LogP contribution is -2.14. The highest BCUT2D eigenvalue weighted by Gasteiger charge is 2.30. The summed E-state index contributed by atoms with van der Waals surface area (Å²) in [5.41, 5.74) is 1.25. The second-order valence-electron chi connectivity index (χ2n) is 8.89. The van der Waals surface area contributed by atoms with Gasteiger partial charge in [0.2, 0.25) is 0 Å². The van der Waals surface area contributed by atoms with Crippen LogP contribution in [0.4, 0.5) is 17.6 Å². The number of aryl methyl sites for hydroxylation is 1. The molecule has 1 fully saturated rings. The largest absolute Gasteiger partial charge is 0.416 e. The number of hydrogen-bond donors (Lipinski definition) is 0. The number of alkyl halides is 3. The van der Waals surface area contributed by atoms with Gasteiger partial charge in [-0.3, -0.25) is 0 Å². The molecule has 4 rings (SSSR count). The number of hydrogen-bond acceptors (Lipinski definition) is 0. The van der Waals surface area contributed by atoms with E-state index in [4.69, 9.17) is 0 Å². The lowest BCUT2D eigenvalue weighted by atomic mass is 9.78. The quantitative estimate of drug-likeness (QED) is 0.356. The van der Waals surface area contributed by atoms with Crippen molar-refractivity contribution in [3.63, 3.8) is 0 Å². The van der Waals surface area contributed by atoms with Gasteiger partial charge in [-0.2, -0.15) is 13.2 Å². The minimum Gasteiger partial charge on any atom is -0.206 e. The van der Waals surface area contributed by atoms with Crippen LogP contribution in [-0.2, 0) is 12.6 Å². The lowest BCUT2D eigenvalue weighted by Gasteiger charge is -2.27. The Hall–Kier alpha value is -2.36. The SMILES string of the molecule is CC[C@H]1CC[C@H](CCc2ccc3c(F)c(-c4ccc(C(F)(F)F)cc4)ccc3c2)CC1. The average Bonchev–Trinajstić information content (AvgIpc) is 2.78. The van der Waals surface area contributed by atoms with Crippen LogP contribution in [0.2, 0.25) is 0 Å². The summed E-state index contributed by atoms with van der Waals surface area (Å²) in [5, 5.41) is 1.34. The third-order valence-electron chi connectivity index (χ3n) is 6.93. The Morgan fingerprint density at radius 1 is 0.839 bits per heavy atom. The second kappa shape index (κ2) is 9.02. The van der Waals surface area contributed by atoms with Gasteiger partial charge in [0.25, 0.3) is 0 Å². The smallest absolute Gasteiger partial charge is 0.206 e. The fourth-order valence-corrected chi connectivity index (χ4v) is 4.86. The van der Waals surface area contributed by atoms with Gasteiger partial charge in [0, 0.05) is 10.9 Å². The summed E-state index contributed by atoms with van der Waals surface area (Å²) in [6.07, 6.45) is 4.39. The number of benzene rings is 3. The molecule has 0 radical (unpaired) electrons. The van der Waals surface area contributed by atoms with Crippen LogP contribution in [0.5, 0.6) is 0 Å². The van der Waals surface area contributed by atoms with Crippen molar-refractivity contribution < 1.29 is 17.6 Å². The van der Waals surface area contributed by atoms with Crippen molar-refractivity contribution in [2.45, 2.75) is 58.0 Å². The topological polar surface area (TPSA) is 0 Å². The van der Waals surface area contributed by atoms with E-state index >= 15 is 4.39 Å². The van der Waals surface area contributed by atoms with Gasteiger partial charge in [-0.15, -0.1) is 0 Å². The Bertz CT molecular complexity index is 1030. The van der Waals surface area contributed by atoms with Crippen molar-refractivity contribution in [1.82, 2.24) is 0 Å². The van der Waals surface area contributed by atoms with Crippen LogP contribution in [0.1, 0.15) is 56.6 Å². The molecule has 3 aromatic carbocycles. The van der Waals surface area contributed by atoms with Crippen molar-refractivity contribution in [1.29, 1.82) is 0 Å². The Balaban J connectivity index is 1.49. The molecule has 1 aliphatic carbocycles. The highest BCUT2D eigenvalue weighted by atomic mass is 19.4. The fraction of sp³-hybridized carbons (Fsp3) is 0.407. The molecule has 0 unspecified atom stereocenters. The van der Waals surface area contributed by atoms with Gasteiger partial charge in [-0.25, -0.2) is 4.39 Å². The zero-order valence-electron chi connectivity index (χ0n) is 17.8. The van der Waals surface area contributed by atoms with Crippen LogP contribution < -0.4 is 0 Å². The normalized spacial score (nSPS) is 19.6. The predicted molar refractivity (Wildman–Crippen MR) is 118 cm³/mol. The number of rotatable bonds is 5. The van der Waals surface area contributed by atoms with Gasteiger partial charge >= 0.3 is 6.18 Å². The zero-order chi connectivity index (χ0) is 22.0. The van der Waals surface area contributed by atoms with E-state index < -0.39 is 11.7 Å². The van der Waals surface area contributed by atoms with E-state index in [-0.39, 0.29) is 5.82 Å². The van der Waals surface area contributed by atoms with E-state index in [1.165, 1.54) is 56.2 Å². The summed E-state index contributed by atoms with van der Waals surface area (Å²) < 4.78 is 53.5. The molecule has 0 spiro atoms. The fourth-order valence-electron chi connectivity index (χ4n) is 4.86. The molecule has 0 heterocycles.